The first-order valence-electron chi connectivity index (χ1n) is 4.90. The molecule has 0 N–H and O–H groups in total. The van der Waals surface area contributed by atoms with Crippen molar-refractivity contribution in [3.63, 3.8) is 0 Å². The van der Waals surface area contributed by atoms with Gasteiger partial charge in [-0.05, 0) is 20.8 Å². The van der Waals surface area contributed by atoms with Gasteiger partial charge >= 0.3 is 5.97 Å². The van der Waals surface area contributed by atoms with E-state index in [0.29, 0.717) is 13.2 Å². The average Bonchev–Trinajstić information content (AvgIpc) is 1.97. The van der Waals surface area contributed by atoms with Gasteiger partial charge in [-0.3, -0.25) is 4.79 Å². The lowest BCUT2D eigenvalue weighted by atomic mass is 9.96. The zero-order valence-corrected chi connectivity index (χ0v) is 10.1. The predicted molar refractivity (Wildman–Crippen MR) is 56.1 cm³/mol. The maximum Gasteiger partial charge on any atom is 0.302 e. The van der Waals surface area contributed by atoms with Gasteiger partial charge in [-0.15, -0.1) is 0 Å². The van der Waals surface area contributed by atoms with Crippen molar-refractivity contribution in [3.05, 3.63) is 0 Å². The largest absolute Gasteiger partial charge is 0.465 e. The van der Waals surface area contributed by atoms with E-state index in [4.69, 9.17) is 9.47 Å². The van der Waals surface area contributed by atoms with Crippen molar-refractivity contribution in [2.24, 2.45) is 5.41 Å². The first-order valence-corrected chi connectivity index (χ1v) is 4.90. The van der Waals surface area contributed by atoms with Crippen molar-refractivity contribution in [2.75, 3.05) is 13.2 Å². The van der Waals surface area contributed by atoms with Crippen molar-refractivity contribution < 1.29 is 14.3 Å². The highest BCUT2D eigenvalue weighted by molar-refractivity contribution is 5.65. The molecule has 0 atom stereocenters. The average molecular weight is 202 g/mol. The molecular formula is C11H22O3. The summed E-state index contributed by atoms with van der Waals surface area (Å²) < 4.78 is 10.6. The predicted octanol–water partition coefficient (Wildman–Crippen LogP) is 2.39. The van der Waals surface area contributed by atoms with Gasteiger partial charge in [0.05, 0.1) is 18.8 Å². The van der Waals surface area contributed by atoms with Crippen LogP contribution in [-0.2, 0) is 14.3 Å². The molecule has 0 saturated carbocycles. The molecule has 0 amide bonds. The molecule has 0 aromatic heterocycles. The van der Waals surface area contributed by atoms with Gasteiger partial charge in [0.15, 0.2) is 0 Å². The van der Waals surface area contributed by atoms with Gasteiger partial charge in [0, 0.05) is 12.3 Å². The van der Waals surface area contributed by atoms with Gasteiger partial charge in [-0.1, -0.05) is 13.8 Å². The van der Waals surface area contributed by atoms with Crippen LogP contribution in [-0.4, -0.2) is 24.8 Å². The Hall–Kier alpha value is -0.570. The molecule has 0 aliphatic carbocycles. The third kappa shape index (κ3) is 8.05. The minimum absolute atomic E-state index is 0.126. The van der Waals surface area contributed by atoms with Crippen molar-refractivity contribution in [1.82, 2.24) is 0 Å². The Labute approximate surface area is 86.8 Å². The maximum atomic E-state index is 10.6. The number of hydrogen-bond acceptors (Lipinski definition) is 3. The molecule has 0 spiro atoms. The van der Waals surface area contributed by atoms with E-state index in [0.717, 1.165) is 0 Å². The Morgan fingerprint density at radius 1 is 1.07 bits per heavy atom. The molecule has 0 bridgehead atoms. The first kappa shape index (κ1) is 13.4. The summed E-state index contributed by atoms with van der Waals surface area (Å²) in [4.78, 5) is 10.6. The molecule has 3 nitrogen and oxygen atoms in total. The number of rotatable bonds is 4. The van der Waals surface area contributed by atoms with Crippen LogP contribution in [0, 0.1) is 5.41 Å². The Kier molecular flexibility index (Phi) is 4.59. The van der Waals surface area contributed by atoms with E-state index in [-0.39, 0.29) is 17.0 Å². The van der Waals surface area contributed by atoms with Crippen molar-refractivity contribution in [2.45, 2.75) is 47.1 Å². The van der Waals surface area contributed by atoms with E-state index in [2.05, 4.69) is 0 Å². The molecule has 0 aromatic rings. The summed E-state index contributed by atoms with van der Waals surface area (Å²) in [5.74, 6) is -0.242. The van der Waals surface area contributed by atoms with Crippen molar-refractivity contribution in [3.8, 4) is 0 Å². The van der Waals surface area contributed by atoms with Crippen LogP contribution < -0.4 is 0 Å². The number of ether oxygens (including phenoxy) is 2. The quantitative estimate of drug-likeness (QED) is 0.657. The number of esters is 1. The van der Waals surface area contributed by atoms with E-state index < -0.39 is 0 Å². The summed E-state index contributed by atoms with van der Waals surface area (Å²) in [7, 11) is 0. The zero-order valence-electron chi connectivity index (χ0n) is 10.1. The molecule has 84 valence electrons. The van der Waals surface area contributed by atoms with E-state index >= 15 is 0 Å². The Morgan fingerprint density at radius 3 is 1.93 bits per heavy atom. The van der Waals surface area contributed by atoms with Crippen molar-refractivity contribution in [1.29, 1.82) is 0 Å². The minimum Gasteiger partial charge on any atom is -0.465 e. The summed E-state index contributed by atoms with van der Waals surface area (Å²) in [5, 5.41) is 0. The monoisotopic (exact) mass is 202 g/mol. The lowest BCUT2D eigenvalue weighted by Crippen LogP contribution is -2.31. The van der Waals surface area contributed by atoms with Gasteiger partial charge in [0.2, 0.25) is 0 Å². The van der Waals surface area contributed by atoms with Crippen molar-refractivity contribution >= 4 is 5.97 Å². The van der Waals surface area contributed by atoms with Crippen LogP contribution in [0.1, 0.15) is 41.5 Å². The molecular weight excluding hydrogens is 180 g/mol. The summed E-state index contributed by atoms with van der Waals surface area (Å²) in [6, 6.07) is 0. The van der Waals surface area contributed by atoms with Crippen LogP contribution in [0.4, 0.5) is 0 Å². The number of hydrogen-bond donors (Lipinski definition) is 0. The molecule has 14 heavy (non-hydrogen) atoms. The van der Waals surface area contributed by atoms with Crippen LogP contribution in [0.15, 0.2) is 0 Å². The lowest BCUT2D eigenvalue weighted by molar-refractivity contribution is -0.146. The topological polar surface area (TPSA) is 35.5 Å². The molecule has 0 aromatic carbocycles. The fourth-order valence-corrected chi connectivity index (χ4v) is 0.751. The molecule has 0 rings (SSSR count). The van der Waals surface area contributed by atoms with Crippen LogP contribution in [0.2, 0.25) is 0 Å². The smallest absolute Gasteiger partial charge is 0.302 e. The summed E-state index contributed by atoms with van der Waals surface area (Å²) in [6.45, 7) is 12.5. The molecule has 0 aliphatic rings. The summed E-state index contributed by atoms with van der Waals surface area (Å²) in [5.41, 5.74) is -0.271. The second-order valence-electron chi connectivity index (χ2n) is 5.35. The summed E-state index contributed by atoms with van der Waals surface area (Å²) >= 11 is 0. The van der Waals surface area contributed by atoms with Gasteiger partial charge in [0.25, 0.3) is 0 Å². The highest BCUT2D eigenvalue weighted by Crippen LogP contribution is 2.19. The van der Waals surface area contributed by atoms with Crippen LogP contribution in [0.25, 0.3) is 0 Å². The molecule has 0 unspecified atom stereocenters. The Morgan fingerprint density at radius 2 is 1.57 bits per heavy atom. The third-order valence-electron chi connectivity index (χ3n) is 1.56. The highest BCUT2D eigenvalue weighted by atomic mass is 16.5. The molecule has 0 saturated heterocycles. The van der Waals surface area contributed by atoms with E-state index in [9.17, 15) is 4.79 Å². The Balaban J connectivity index is 3.89. The molecule has 0 heterocycles. The molecule has 0 fully saturated rings. The second-order valence-corrected chi connectivity index (χ2v) is 5.35. The number of carbonyl (C=O) groups excluding carboxylic acids is 1. The minimum atomic E-state index is -0.242. The number of carbonyl (C=O) groups is 1. The van der Waals surface area contributed by atoms with E-state index in [1.807, 2.05) is 34.6 Å². The van der Waals surface area contributed by atoms with Gasteiger partial charge in [-0.25, -0.2) is 0 Å². The van der Waals surface area contributed by atoms with Crippen LogP contribution in [0.5, 0.6) is 0 Å². The lowest BCUT2D eigenvalue weighted by Gasteiger charge is -2.29. The standard InChI is InChI=1S/C11H22O3/c1-9(12)13-7-11(5,6)8-14-10(2,3)4/h7-8H2,1-6H3. The summed E-state index contributed by atoms with van der Waals surface area (Å²) in [6.07, 6.45) is 0. The zero-order chi connectivity index (χ0) is 11.4. The van der Waals surface area contributed by atoms with Gasteiger partial charge in [0.1, 0.15) is 0 Å². The van der Waals surface area contributed by atoms with Gasteiger partial charge < -0.3 is 9.47 Å². The third-order valence-corrected chi connectivity index (χ3v) is 1.56. The first-order chi connectivity index (χ1) is 6.12. The van der Waals surface area contributed by atoms with E-state index in [1.54, 1.807) is 0 Å². The molecule has 0 radical (unpaired) electrons. The second kappa shape index (κ2) is 4.78. The maximum absolute atomic E-state index is 10.6. The normalized spacial score (nSPS) is 12.7. The van der Waals surface area contributed by atoms with E-state index in [1.165, 1.54) is 6.92 Å². The highest BCUT2D eigenvalue weighted by Gasteiger charge is 2.23. The Bertz CT molecular complexity index is 189. The van der Waals surface area contributed by atoms with Gasteiger partial charge in [-0.2, -0.15) is 0 Å². The molecule has 3 heteroatoms. The fraction of sp³-hybridized carbons (Fsp3) is 0.909. The van der Waals surface area contributed by atoms with Crippen LogP contribution >= 0.6 is 0 Å². The fourth-order valence-electron chi connectivity index (χ4n) is 0.751. The van der Waals surface area contributed by atoms with Crippen LogP contribution in [0.3, 0.4) is 0 Å². The molecule has 0 aliphatic heterocycles. The SMILES string of the molecule is CC(=O)OCC(C)(C)COC(C)(C)C.